The van der Waals surface area contributed by atoms with E-state index in [9.17, 15) is 28.1 Å². The number of nitrogens with zero attached hydrogens (tertiary/aromatic N) is 4. The van der Waals surface area contributed by atoms with Crippen LogP contribution < -0.4 is 10.3 Å². The first-order chi connectivity index (χ1) is 15.7. The standard InChI is InChI=1S/C21H13F3N4O5/c22-21(23,24)12-27-10-9-14(11-18(27)29)20-25-19(26-33-20)13-1-5-16(6-2-13)32-17-7-3-15(4-8-17)28(30)31/h1-11H,12H2. The second kappa shape index (κ2) is 8.57. The number of rotatable bonds is 6. The van der Waals surface area contributed by atoms with Crippen LogP contribution in [-0.4, -0.2) is 25.8 Å². The predicted molar refractivity (Wildman–Crippen MR) is 109 cm³/mol. The lowest BCUT2D eigenvalue weighted by atomic mass is 10.2. The van der Waals surface area contributed by atoms with Gasteiger partial charge in [0.1, 0.15) is 18.0 Å². The van der Waals surface area contributed by atoms with Gasteiger partial charge in [-0.2, -0.15) is 18.2 Å². The van der Waals surface area contributed by atoms with Gasteiger partial charge >= 0.3 is 6.18 Å². The van der Waals surface area contributed by atoms with Gasteiger partial charge in [0.2, 0.25) is 5.82 Å². The minimum absolute atomic E-state index is 0.0209. The summed E-state index contributed by atoms with van der Waals surface area (Å²) >= 11 is 0. The third-order valence-corrected chi connectivity index (χ3v) is 4.41. The van der Waals surface area contributed by atoms with Crippen molar-refractivity contribution in [3.05, 3.63) is 87.3 Å². The quantitative estimate of drug-likeness (QED) is 0.300. The minimum Gasteiger partial charge on any atom is -0.457 e. The van der Waals surface area contributed by atoms with Crippen LogP contribution in [0.15, 0.2) is 76.2 Å². The maximum absolute atomic E-state index is 12.5. The fourth-order valence-corrected chi connectivity index (χ4v) is 2.87. The summed E-state index contributed by atoms with van der Waals surface area (Å²) in [6.07, 6.45) is -3.50. The van der Waals surface area contributed by atoms with Crippen molar-refractivity contribution in [2.75, 3.05) is 0 Å². The number of nitro benzene ring substituents is 1. The van der Waals surface area contributed by atoms with Gasteiger partial charge in [0.25, 0.3) is 17.1 Å². The molecule has 9 nitrogen and oxygen atoms in total. The molecule has 0 N–H and O–H groups in total. The first-order valence-electron chi connectivity index (χ1n) is 9.32. The molecule has 4 rings (SSSR count). The van der Waals surface area contributed by atoms with Crippen LogP contribution >= 0.6 is 0 Å². The van der Waals surface area contributed by atoms with E-state index in [-0.39, 0.29) is 23.0 Å². The first kappa shape index (κ1) is 21.7. The SMILES string of the molecule is O=c1cc(-c2nc(-c3ccc(Oc4ccc([N+](=O)[O-])cc4)cc3)no2)ccn1CC(F)(F)F. The Bertz CT molecular complexity index is 1350. The molecule has 0 unspecified atom stereocenters. The Morgan fingerprint density at radius 3 is 2.21 bits per heavy atom. The average Bonchev–Trinajstić information content (AvgIpc) is 3.25. The van der Waals surface area contributed by atoms with Crippen LogP contribution in [0.1, 0.15) is 0 Å². The summed E-state index contributed by atoms with van der Waals surface area (Å²) < 4.78 is 48.8. The third-order valence-electron chi connectivity index (χ3n) is 4.41. The summed E-state index contributed by atoms with van der Waals surface area (Å²) in [7, 11) is 0. The number of hydrogen-bond donors (Lipinski definition) is 0. The van der Waals surface area contributed by atoms with E-state index in [0.29, 0.717) is 21.6 Å². The molecule has 0 bridgehead atoms. The molecule has 0 spiro atoms. The molecule has 0 atom stereocenters. The predicted octanol–water partition coefficient (Wildman–Crippen LogP) is 4.83. The lowest BCUT2D eigenvalue weighted by Crippen LogP contribution is -2.27. The lowest BCUT2D eigenvalue weighted by Gasteiger charge is -2.08. The second-order valence-corrected chi connectivity index (χ2v) is 6.80. The number of halogens is 3. The molecule has 0 saturated heterocycles. The van der Waals surface area contributed by atoms with E-state index in [0.717, 1.165) is 12.3 Å². The fraction of sp³-hybridized carbons (Fsp3) is 0.0952. The van der Waals surface area contributed by atoms with Crippen LogP contribution in [0.25, 0.3) is 22.8 Å². The van der Waals surface area contributed by atoms with E-state index < -0.39 is 23.2 Å². The summed E-state index contributed by atoms with van der Waals surface area (Å²) in [5.74, 6) is 1.05. The Morgan fingerprint density at radius 1 is 1.00 bits per heavy atom. The van der Waals surface area contributed by atoms with Crippen molar-refractivity contribution in [3.8, 4) is 34.3 Å². The Labute approximate surface area is 182 Å². The fourth-order valence-electron chi connectivity index (χ4n) is 2.87. The van der Waals surface area contributed by atoms with Crippen LogP contribution in [-0.2, 0) is 6.54 Å². The van der Waals surface area contributed by atoms with E-state index in [1.54, 1.807) is 24.3 Å². The van der Waals surface area contributed by atoms with E-state index in [1.807, 2.05) is 0 Å². The molecular formula is C21H13F3N4O5. The minimum atomic E-state index is -4.52. The molecule has 2 aromatic heterocycles. The van der Waals surface area contributed by atoms with Crippen LogP contribution in [0.4, 0.5) is 18.9 Å². The number of hydrogen-bond acceptors (Lipinski definition) is 7. The molecule has 2 aromatic carbocycles. The topological polar surface area (TPSA) is 113 Å². The molecule has 0 fully saturated rings. The van der Waals surface area contributed by atoms with Gasteiger partial charge < -0.3 is 13.8 Å². The highest BCUT2D eigenvalue weighted by atomic mass is 19.4. The highest BCUT2D eigenvalue weighted by molar-refractivity contribution is 5.60. The van der Waals surface area contributed by atoms with Gasteiger partial charge in [-0.15, -0.1) is 0 Å². The molecule has 0 aliphatic rings. The normalized spacial score (nSPS) is 11.4. The van der Waals surface area contributed by atoms with E-state index in [4.69, 9.17) is 9.26 Å². The molecule has 2 heterocycles. The Kier molecular flexibility index (Phi) is 5.65. The van der Waals surface area contributed by atoms with Gasteiger partial charge in [0.15, 0.2) is 0 Å². The zero-order valence-electron chi connectivity index (χ0n) is 16.5. The molecule has 12 heteroatoms. The molecule has 0 aliphatic carbocycles. The maximum atomic E-state index is 12.5. The summed E-state index contributed by atoms with van der Waals surface area (Å²) in [6, 6.07) is 14.4. The van der Waals surface area contributed by atoms with Gasteiger partial charge in [0, 0.05) is 35.5 Å². The molecule has 0 amide bonds. The number of ether oxygens (including phenoxy) is 1. The van der Waals surface area contributed by atoms with Crippen molar-refractivity contribution >= 4 is 5.69 Å². The average molecular weight is 458 g/mol. The van der Waals surface area contributed by atoms with Gasteiger partial charge in [-0.05, 0) is 42.5 Å². The van der Waals surface area contributed by atoms with Gasteiger partial charge in [-0.3, -0.25) is 14.9 Å². The number of non-ortho nitro benzene ring substituents is 1. The highest BCUT2D eigenvalue weighted by Gasteiger charge is 2.28. The Balaban J connectivity index is 1.48. The zero-order valence-corrected chi connectivity index (χ0v) is 16.5. The summed E-state index contributed by atoms with van der Waals surface area (Å²) in [6.45, 7) is -1.39. The van der Waals surface area contributed by atoms with Crippen molar-refractivity contribution in [2.45, 2.75) is 12.7 Å². The van der Waals surface area contributed by atoms with Crippen molar-refractivity contribution < 1.29 is 27.4 Å². The van der Waals surface area contributed by atoms with Gasteiger partial charge in [-0.25, -0.2) is 0 Å². The zero-order chi connectivity index (χ0) is 23.6. The van der Waals surface area contributed by atoms with E-state index in [1.165, 1.54) is 30.3 Å². The smallest absolute Gasteiger partial charge is 0.406 e. The number of alkyl halides is 3. The number of aromatic nitrogens is 3. The molecule has 0 aliphatic heterocycles. The van der Waals surface area contributed by atoms with Crippen molar-refractivity contribution in [3.63, 3.8) is 0 Å². The molecule has 4 aromatic rings. The van der Waals surface area contributed by atoms with Crippen molar-refractivity contribution in [2.24, 2.45) is 0 Å². The lowest BCUT2D eigenvalue weighted by molar-refractivity contribution is -0.384. The molecular weight excluding hydrogens is 445 g/mol. The largest absolute Gasteiger partial charge is 0.457 e. The van der Waals surface area contributed by atoms with E-state index >= 15 is 0 Å². The Morgan fingerprint density at radius 2 is 1.64 bits per heavy atom. The number of pyridine rings is 1. The second-order valence-electron chi connectivity index (χ2n) is 6.80. The molecule has 0 radical (unpaired) electrons. The summed E-state index contributed by atoms with van der Waals surface area (Å²) in [5, 5.41) is 14.5. The molecule has 0 saturated carbocycles. The maximum Gasteiger partial charge on any atom is 0.406 e. The molecule has 168 valence electrons. The van der Waals surface area contributed by atoms with Crippen LogP contribution in [0, 0.1) is 10.1 Å². The van der Waals surface area contributed by atoms with Crippen LogP contribution in [0.2, 0.25) is 0 Å². The van der Waals surface area contributed by atoms with Gasteiger partial charge in [-0.1, -0.05) is 5.16 Å². The summed E-state index contributed by atoms with van der Waals surface area (Å²) in [4.78, 5) is 26.3. The third kappa shape index (κ3) is 5.23. The number of benzene rings is 2. The monoisotopic (exact) mass is 458 g/mol. The highest BCUT2D eigenvalue weighted by Crippen LogP contribution is 2.27. The van der Waals surface area contributed by atoms with E-state index in [2.05, 4.69) is 10.1 Å². The Hall–Kier alpha value is -4.48. The molecule has 33 heavy (non-hydrogen) atoms. The first-order valence-corrected chi connectivity index (χ1v) is 9.32. The number of nitro groups is 1. The van der Waals surface area contributed by atoms with Crippen molar-refractivity contribution in [1.82, 2.24) is 14.7 Å². The van der Waals surface area contributed by atoms with Crippen LogP contribution in [0.3, 0.4) is 0 Å². The van der Waals surface area contributed by atoms with Gasteiger partial charge in [0.05, 0.1) is 4.92 Å². The summed E-state index contributed by atoms with van der Waals surface area (Å²) in [5.41, 5.74) is -0.151. The van der Waals surface area contributed by atoms with Crippen LogP contribution in [0.5, 0.6) is 11.5 Å². The van der Waals surface area contributed by atoms with Crippen molar-refractivity contribution in [1.29, 1.82) is 0 Å².